The van der Waals surface area contributed by atoms with Crippen molar-refractivity contribution in [2.45, 2.75) is 144 Å². The Balaban J connectivity index is 1.17. The summed E-state index contributed by atoms with van der Waals surface area (Å²) in [5.41, 5.74) is 2.66. The molecule has 7 N–H and O–H groups in total. The van der Waals surface area contributed by atoms with Crippen LogP contribution in [0.2, 0.25) is 0 Å². The van der Waals surface area contributed by atoms with Crippen LogP contribution in [-0.4, -0.2) is 124 Å². The van der Waals surface area contributed by atoms with E-state index in [1.54, 1.807) is 18.2 Å². The fourth-order valence-electron chi connectivity index (χ4n) is 8.97. The van der Waals surface area contributed by atoms with Crippen molar-refractivity contribution in [3.8, 4) is 0 Å². The molecule has 4 amide bonds. The van der Waals surface area contributed by atoms with E-state index in [1.807, 2.05) is 0 Å². The number of hydrogen-bond donors (Lipinski definition) is 6. The van der Waals surface area contributed by atoms with E-state index < -0.39 is 79.3 Å². The van der Waals surface area contributed by atoms with Gasteiger partial charge in [-0.1, -0.05) is 37.3 Å². The van der Waals surface area contributed by atoms with Crippen molar-refractivity contribution in [3.63, 3.8) is 0 Å². The Morgan fingerprint density at radius 3 is 2.15 bits per heavy atom. The molecule has 3 saturated carbocycles. The third-order valence-corrected chi connectivity index (χ3v) is 16.3. The molecule has 3 atom stereocenters. The van der Waals surface area contributed by atoms with Crippen LogP contribution in [-0.2, 0) is 34.8 Å². The van der Waals surface area contributed by atoms with Crippen molar-refractivity contribution >= 4 is 50.0 Å². The van der Waals surface area contributed by atoms with Crippen molar-refractivity contribution in [1.82, 2.24) is 34.8 Å². The van der Waals surface area contributed by atoms with E-state index in [1.165, 1.54) is 40.0 Å². The molecule has 2 saturated heterocycles. The van der Waals surface area contributed by atoms with Gasteiger partial charge in [-0.25, -0.2) is 13.1 Å². The fourth-order valence-corrected chi connectivity index (χ4v) is 12.5. The van der Waals surface area contributed by atoms with Gasteiger partial charge in [0, 0.05) is 42.1 Å². The number of benzene rings is 1. The number of amides is 4. The van der Waals surface area contributed by atoms with E-state index >= 15 is 0 Å². The van der Waals surface area contributed by atoms with E-state index in [0.717, 1.165) is 57.8 Å². The van der Waals surface area contributed by atoms with Gasteiger partial charge in [-0.3, -0.25) is 33.1 Å². The zero-order valence-corrected chi connectivity index (χ0v) is 35.1. The molecule has 59 heavy (non-hydrogen) atoms. The molecular formula is C39H56N8O10S2. The van der Waals surface area contributed by atoms with Crippen LogP contribution in [0.3, 0.4) is 0 Å². The highest BCUT2D eigenvalue weighted by Crippen LogP contribution is 2.47. The summed E-state index contributed by atoms with van der Waals surface area (Å²) in [7, 11) is -6.82. The summed E-state index contributed by atoms with van der Waals surface area (Å²) in [6.07, 6.45) is 9.02. The van der Waals surface area contributed by atoms with Gasteiger partial charge in [0.25, 0.3) is 11.8 Å². The maximum absolute atomic E-state index is 14.9. The fraction of sp³-hybridized carbons (Fsp3) is 0.667. The molecule has 20 heteroatoms. The Labute approximate surface area is 345 Å². The lowest BCUT2D eigenvalue weighted by molar-refractivity contribution is -0.145. The number of sulfonamides is 1. The normalized spacial score (nSPS) is 24.6. The molecule has 7 rings (SSSR count). The van der Waals surface area contributed by atoms with Crippen molar-refractivity contribution in [2.24, 2.45) is 11.7 Å². The molecule has 0 radical (unpaired) electrons. The molecule has 5 fully saturated rings. The first-order chi connectivity index (χ1) is 27.8. The highest BCUT2D eigenvalue weighted by atomic mass is 32.3. The largest absolute Gasteiger partial charge is 0.384 e. The Kier molecular flexibility index (Phi) is 12.1. The number of primary amides is 1. The van der Waals surface area contributed by atoms with Gasteiger partial charge < -0.3 is 26.4 Å². The number of Topliss-reactive ketones (excluding diaryl/α,β-unsaturated/α-hetero) is 1. The van der Waals surface area contributed by atoms with E-state index in [0.29, 0.717) is 5.69 Å². The van der Waals surface area contributed by atoms with Gasteiger partial charge in [-0.05, 0) is 89.0 Å². The van der Waals surface area contributed by atoms with Crippen LogP contribution in [0.5, 0.6) is 0 Å². The topological polar surface area (TPSA) is 267 Å². The molecule has 3 aliphatic carbocycles. The summed E-state index contributed by atoms with van der Waals surface area (Å²) in [5, 5.41) is 24.7. The Morgan fingerprint density at radius 2 is 1.59 bits per heavy atom. The van der Waals surface area contributed by atoms with E-state index in [9.17, 15) is 46.6 Å². The minimum Gasteiger partial charge on any atom is -0.384 e. The lowest BCUT2D eigenvalue weighted by atomic mass is 9.84. The molecular weight excluding hydrogens is 805 g/mol. The van der Waals surface area contributed by atoms with Crippen molar-refractivity contribution in [2.75, 3.05) is 18.1 Å². The number of carbonyl (C=O) groups excluding carboxylic acids is 5. The Hall–Kier alpha value is -3.95. The molecule has 1 aromatic heterocycles. The first-order valence-electron chi connectivity index (χ1n) is 20.6. The number of nitrogens with one attached hydrogen (secondary N) is 2. The van der Waals surface area contributed by atoms with Gasteiger partial charge in [-0.2, -0.15) is 14.9 Å². The number of ketones is 1. The molecule has 2 aromatic rings. The van der Waals surface area contributed by atoms with Crippen LogP contribution in [0.25, 0.3) is 0 Å². The monoisotopic (exact) mass is 860 g/mol. The van der Waals surface area contributed by atoms with Gasteiger partial charge in [-0.15, -0.1) is 5.10 Å². The molecule has 5 aliphatic rings. The van der Waals surface area contributed by atoms with Crippen LogP contribution in [0.15, 0.2) is 35.4 Å². The summed E-state index contributed by atoms with van der Waals surface area (Å²) in [6.45, 7) is 3.00. The molecule has 1 aromatic carbocycles. The second-order valence-electron chi connectivity index (χ2n) is 17.6. The number of nitrogens with zero attached hydrogens (tertiary/aromatic N) is 5. The molecule has 0 spiro atoms. The highest BCUT2D eigenvalue weighted by Gasteiger charge is 2.51. The first kappa shape index (κ1) is 43.1. The maximum Gasteiger partial charge on any atom is 0.287 e. The van der Waals surface area contributed by atoms with Crippen LogP contribution >= 0.6 is 10.6 Å². The standard InChI is InChI=1S/C39H56N8O10S2/c1-38(2,53)32-22-41-44-46(32)28-21-31(36(51)43-39(33(48)34(40)49)16-18-58(54,55)19-17-39)45(23-28)37(52)30(20-24-6-4-3-5-7-24)42-35(50)25-8-14-29(15-9-25)59(56,57)47(26-10-11-26)27-12-13-27/h8-9,14-15,22,24,26-28,30-31,53-55H,3-7,10-13,16-21,23H2,1-2H3,(H2,40,49)(H,42,50)(H,43,51)/t28-,30?,31-/m0/s1. The van der Waals surface area contributed by atoms with Crippen molar-refractivity contribution in [1.29, 1.82) is 0 Å². The molecule has 0 bridgehead atoms. The lowest BCUT2D eigenvalue weighted by Crippen LogP contribution is -2.64. The Bertz CT molecular complexity index is 2030. The van der Waals surface area contributed by atoms with Gasteiger partial charge in [0.15, 0.2) is 0 Å². The van der Waals surface area contributed by atoms with Crippen LogP contribution in [0.4, 0.5) is 0 Å². The number of rotatable bonds is 15. The number of aromatic nitrogens is 3. The maximum atomic E-state index is 14.9. The SMILES string of the molecule is CC(C)(O)c1cnnn1[C@H]1C[C@@H](C(=O)NC2(C(=O)C(N)=O)CCS(O)(O)CC2)N(C(=O)C(CC2CCCCC2)NC(=O)c2ccc(S(=O)(=O)N(C3CC3)C3CC3)cc2)C1. The molecule has 3 heterocycles. The van der Waals surface area contributed by atoms with E-state index in [4.69, 9.17) is 5.73 Å². The quantitative estimate of drug-likeness (QED) is 0.141. The second-order valence-corrected chi connectivity index (χ2v) is 21.8. The minimum atomic E-state index is -3.76. The third kappa shape index (κ3) is 9.36. The predicted molar refractivity (Wildman–Crippen MR) is 215 cm³/mol. The van der Waals surface area contributed by atoms with Gasteiger partial charge in [0.1, 0.15) is 23.2 Å². The Morgan fingerprint density at radius 1 is 0.983 bits per heavy atom. The predicted octanol–water partition coefficient (Wildman–Crippen LogP) is 2.19. The highest BCUT2D eigenvalue weighted by molar-refractivity contribution is 8.24. The smallest absolute Gasteiger partial charge is 0.287 e. The minimum absolute atomic E-state index is 0.00258. The van der Waals surface area contributed by atoms with Gasteiger partial charge >= 0.3 is 0 Å². The van der Waals surface area contributed by atoms with E-state index in [-0.39, 0.29) is 72.2 Å². The summed E-state index contributed by atoms with van der Waals surface area (Å²) in [5.74, 6) is -4.78. The third-order valence-electron chi connectivity index (χ3n) is 12.5. The van der Waals surface area contributed by atoms with Crippen LogP contribution in [0.1, 0.15) is 119 Å². The zero-order chi connectivity index (χ0) is 42.5. The summed E-state index contributed by atoms with van der Waals surface area (Å²) in [6, 6.07) is 2.63. The molecule has 324 valence electrons. The zero-order valence-electron chi connectivity index (χ0n) is 33.5. The van der Waals surface area contributed by atoms with Crippen LogP contribution < -0.4 is 16.4 Å². The summed E-state index contributed by atoms with van der Waals surface area (Å²) >= 11 is 0. The number of aliphatic hydroxyl groups is 1. The lowest BCUT2D eigenvalue weighted by Gasteiger charge is -2.45. The van der Waals surface area contributed by atoms with Crippen LogP contribution in [0, 0.1) is 5.92 Å². The number of likely N-dealkylation sites (tertiary alicyclic amines) is 1. The average molecular weight is 861 g/mol. The van der Waals surface area contributed by atoms with Crippen molar-refractivity contribution in [3.05, 3.63) is 41.7 Å². The van der Waals surface area contributed by atoms with E-state index in [2.05, 4.69) is 20.9 Å². The number of hydrogen-bond acceptors (Lipinski definition) is 12. The average Bonchev–Trinajstić information content (AvgIpc) is 4.11. The second kappa shape index (κ2) is 16.5. The number of nitrogens with two attached hydrogens (primary N) is 1. The molecule has 2 aliphatic heterocycles. The molecule has 1 unspecified atom stereocenters. The summed E-state index contributed by atoms with van der Waals surface area (Å²) in [4.78, 5) is 70.4. The number of carbonyl (C=O) groups is 5. The van der Waals surface area contributed by atoms with Gasteiger partial charge in [0.2, 0.25) is 27.6 Å². The molecule has 18 nitrogen and oxygen atoms in total. The van der Waals surface area contributed by atoms with Crippen molar-refractivity contribution < 1.29 is 46.6 Å². The summed E-state index contributed by atoms with van der Waals surface area (Å²) < 4.78 is 50.9. The van der Waals surface area contributed by atoms with Gasteiger partial charge in [0.05, 0.1) is 22.8 Å². The first-order valence-corrected chi connectivity index (χ1v) is 23.9.